The van der Waals surface area contributed by atoms with Gasteiger partial charge in [-0.1, -0.05) is 42.5 Å². The smallest absolute Gasteiger partial charge is 0.169 e. The number of nitrogens with one attached hydrogen (secondary N) is 1. The predicted molar refractivity (Wildman–Crippen MR) is 98.4 cm³/mol. The molecule has 1 aliphatic rings. The van der Waals surface area contributed by atoms with Crippen LogP contribution in [0.1, 0.15) is 29.0 Å². The normalized spacial score (nSPS) is 17.0. The van der Waals surface area contributed by atoms with Crippen LogP contribution in [0.25, 0.3) is 0 Å². The van der Waals surface area contributed by atoms with Crippen LogP contribution < -0.4 is 5.32 Å². The molecular weight excluding hydrogens is 308 g/mol. The van der Waals surface area contributed by atoms with Gasteiger partial charge in [0.1, 0.15) is 0 Å². The van der Waals surface area contributed by atoms with Crippen LogP contribution in [0.2, 0.25) is 0 Å². The lowest BCUT2D eigenvalue weighted by molar-refractivity contribution is 0.337. The van der Waals surface area contributed by atoms with E-state index >= 15 is 0 Å². The summed E-state index contributed by atoms with van der Waals surface area (Å²) < 4.78 is 0. The molecule has 1 aromatic heterocycles. The molecule has 1 aromatic carbocycles. The summed E-state index contributed by atoms with van der Waals surface area (Å²) in [4.78, 5) is 3.79. The Labute approximate surface area is 141 Å². The van der Waals surface area contributed by atoms with Gasteiger partial charge in [0.05, 0.1) is 6.04 Å². The molecule has 114 valence electrons. The van der Waals surface area contributed by atoms with Crippen LogP contribution in [0.15, 0.2) is 53.9 Å². The number of thiophene rings is 1. The molecule has 22 heavy (non-hydrogen) atoms. The van der Waals surface area contributed by atoms with Gasteiger partial charge in [-0.15, -0.1) is 11.3 Å². The molecule has 2 aromatic rings. The zero-order valence-corrected chi connectivity index (χ0v) is 14.3. The van der Waals surface area contributed by atoms with E-state index in [1.54, 1.807) is 0 Å². The molecular formula is C18H20N2S2. The van der Waals surface area contributed by atoms with Crippen LogP contribution in [0.4, 0.5) is 0 Å². The Morgan fingerprint density at radius 3 is 2.86 bits per heavy atom. The zero-order valence-electron chi connectivity index (χ0n) is 12.7. The third-order valence-corrected chi connectivity index (χ3v) is 5.26. The van der Waals surface area contributed by atoms with E-state index in [2.05, 4.69) is 58.6 Å². The minimum Gasteiger partial charge on any atom is -0.359 e. The maximum Gasteiger partial charge on any atom is 0.169 e. The lowest BCUT2D eigenvalue weighted by Gasteiger charge is -2.38. The Balaban J connectivity index is 1.92. The number of benzene rings is 1. The fourth-order valence-corrected chi connectivity index (χ4v) is 4.03. The highest BCUT2D eigenvalue weighted by atomic mass is 32.1. The number of fused-ring (bicyclic) bond motifs is 1. The molecule has 0 saturated heterocycles. The van der Waals surface area contributed by atoms with Crippen LogP contribution in [-0.4, -0.2) is 23.1 Å². The monoisotopic (exact) mass is 328 g/mol. The minimum atomic E-state index is 0.210. The number of thiocarbonyl (C=S) groups is 1. The third-order valence-electron chi connectivity index (χ3n) is 3.88. The predicted octanol–water partition coefficient (Wildman–Crippen LogP) is 4.15. The molecule has 4 heteroatoms. The average Bonchev–Trinajstić information content (AvgIpc) is 3.01. The second kappa shape index (κ2) is 6.63. The molecule has 1 N–H and O–H groups in total. The van der Waals surface area contributed by atoms with E-state index in [-0.39, 0.29) is 6.04 Å². The summed E-state index contributed by atoms with van der Waals surface area (Å²) in [5, 5.41) is 6.34. The number of hydrogen-bond acceptors (Lipinski definition) is 2. The standard InChI is InChI=1S/C18H20N2S2/c1-13(2)12-19-18(21)20-10-8-16-15(9-11-22-16)17(20)14-6-4-3-5-7-14/h3-7,9,11,17H,1,8,10,12H2,2H3,(H,19,21)/t17-/m0/s1. The van der Waals surface area contributed by atoms with Crippen molar-refractivity contribution in [1.29, 1.82) is 0 Å². The van der Waals surface area contributed by atoms with Crippen molar-refractivity contribution >= 4 is 28.7 Å². The van der Waals surface area contributed by atoms with E-state index in [0.717, 1.165) is 30.2 Å². The van der Waals surface area contributed by atoms with E-state index in [4.69, 9.17) is 12.2 Å². The van der Waals surface area contributed by atoms with Crippen LogP contribution in [0.3, 0.4) is 0 Å². The lowest BCUT2D eigenvalue weighted by atomic mass is 9.94. The summed E-state index contributed by atoms with van der Waals surface area (Å²) in [5.41, 5.74) is 3.77. The van der Waals surface area contributed by atoms with E-state index in [1.165, 1.54) is 16.0 Å². The Bertz CT molecular complexity index is 675. The minimum absolute atomic E-state index is 0.210. The quantitative estimate of drug-likeness (QED) is 0.673. The molecule has 1 atom stereocenters. The third kappa shape index (κ3) is 3.08. The van der Waals surface area contributed by atoms with E-state index in [0.29, 0.717) is 0 Å². The lowest BCUT2D eigenvalue weighted by Crippen LogP contribution is -2.45. The summed E-state index contributed by atoms with van der Waals surface area (Å²) in [6, 6.07) is 13.1. The molecule has 0 fully saturated rings. The fraction of sp³-hybridized carbons (Fsp3) is 0.278. The molecule has 1 aliphatic heterocycles. The molecule has 2 heterocycles. The second-order valence-electron chi connectivity index (χ2n) is 5.67. The van der Waals surface area contributed by atoms with Crippen molar-refractivity contribution in [3.63, 3.8) is 0 Å². The molecule has 0 radical (unpaired) electrons. The molecule has 0 spiro atoms. The van der Waals surface area contributed by atoms with Gasteiger partial charge in [-0.3, -0.25) is 0 Å². The first-order chi connectivity index (χ1) is 10.7. The molecule has 0 unspecified atom stereocenters. The molecule has 2 nitrogen and oxygen atoms in total. The van der Waals surface area contributed by atoms with Gasteiger partial charge in [0, 0.05) is 18.0 Å². The maximum atomic E-state index is 5.65. The topological polar surface area (TPSA) is 15.3 Å². The Hall–Kier alpha value is -1.65. The van der Waals surface area contributed by atoms with E-state index in [1.807, 2.05) is 18.3 Å². The van der Waals surface area contributed by atoms with Crippen LogP contribution in [0.5, 0.6) is 0 Å². The van der Waals surface area contributed by atoms with Gasteiger partial charge in [0.2, 0.25) is 0 Å². The molecule has 3 rings (SSSR count). The van der Waals surface area contributed by atoms with Gasteiger partial charge in [-0.05, 0) is 48.1 Å². The van der Waals surface area contributed by atoms with Crippen molar-refractivity contribution in [2.45, 2.75) is 19.4 Å². The largest absolute Gasteiger partial charge is 0.359 e. The van der Waals surface area contributed by atoms with Crippen LogP contribution >= 0.6 is 23.6 Å². The van der Waals surface area contributed by atoms with Gasteiger partial charge in [-0.2, -0.15) is 0 Å². The van der Waals surface area contributed by atoms with Gasteiger partial charge < -0.3 is 10.2 Å². The van der Waals surface area contributed by atoms with Crippen molar-refractivity contribution in [3.05, 3.63) is 69.9 Å². The van der Waals surface area contributed by atoms with Gasteiger partial charge in [-0.25, -0.2) is 0 Å². The van der Waals surface area contributed by atoms with Crippen molar-refractivity contribution in [2.24, 2.45) is 0 Å². The summed E-state index contributed by atoms with van der Waals surface area (Å²) in [6.07, 6.45) is 1.06. The van der Waals surface area contributed by atoms with Gasteiger partial charge in [0.15, 0.2) is 5.11 Å². The molecule has 0 amide bonds. The van der Waals surface area contributed by atoms with E-state index in [9.17, 15) is 0 Å². The first-order valence-electron chi connectivity index (χ1n) is 7.47. The molecule has 0 aliphatic carbocycles. The van der Waals surface area contributed by atoms with E-state index < -0.39 is 0 Å². The summed E-state index contributed by atoms with van der Waals surface area (Å²) in [7, 11) is 0. The Morgan fingerprint density at radius 1 is 1.36 bits per heavy atom. The van der Waals surface area contributed by atoms with Gasteiger partial charge >= 0.3 is 0 Å². The van der Waals surface area contributed by atoms with Crippen LogP contribution in [-0.2, 0) is 6.42 Å². The van der Waals surface area contributed by atoms with Gasteiger partial charge in [0.25, 0.3) is 0 Å². The molecule has 0 bridgehead atoms. The highest BCUT2D eigenvalue weighted by Crippen LogP contribution is 2.37. The first kappa shape index (κ1) is 15.3. The highest BCUT2D eigenvalue weighted by molar-refractivity contribution is 7.80. The van der Waals surface area contributed by atoms with Crippen molar-refractivity contribution < 1.29 is 0 Å². The summed E-state index contributed by atoms with van der Waals surface area (Å²) in [5.74, 6) is 0. The zero-order chi connectivity index (χ0) is 15.5. The number of nitrogens with zero attached hydrogens (tertiary/aromatic N) is 1. The summed E-state index contributed by atoms with van der Waals surface area (Å²) >= 11 is 7.50. The Morgan fingerprint density at radius 2 is 2.14 bits per heavy atom. The Kier molecular flexibility index (Phi) is 4.60. The van der Waals surface area contributed by atoms with Crippen molar-refractivity contribution in [3.8, 4) is 0 Å². The second-order valence-corrected chi connectivity index (χ2v) is 7.06. The summed E-state index contributed by atoms with van der Waals surface area (Å²) in [6.45, 7) is 7.63. The number of rotatable bonds is 3. The average molecular weight is 329 g/mol. The number of hydrogen-bond donors (Lipinski definition) is 1. The molecule has 0 saturated carbocycles. The van der Waals surface area contributed by atoms with Crippen LogP contribution in [0, 0.1) is 0 Å². The highest BCUT2D eigenvalue weighted by Gasteiger charge is 2.30. The van der Waals surface area contributed by atoms with Crippen molar-refractivity contribution in [1.82, 2.24) is 10.2 Å². The SMILES string of the molecule is C=C(C)CNC(=S)N1CCc2sccc2[C@@H]1c1ccccc1. The fourth-order valence-electron chi connectivity index (χ4n) is 2.86. The first-order valence-corrected chi connectivity index (χ1v) is 8.75. The maximum absolute atomic E-state index is 5.65. The van der Waals surface area contributed by atoms with Crippen molar-refractivity contribution in [2.75, 3.05) is 13.1 Å².